The highest BCUT2D eigenvalue weighted by atomic mass is 19.1. The van der Waals surface area contributed by atoms with E-state index in [2.05, 4.69) is 5.43 Å². The Morgan fingerprint density at radius 1 is 1.00 bits per heavy atom. The summed E-state index contributed by atoms with van der Waals surface area (Å²) in [6, 6.07) is 5.52. The maximum absolute atomic E-state index is 14.0. The number of benzene rings is 1. The minimum absolute atomic E-state index is 0.146. The number of rotatable bonds is 1. The minimum atomic E-state index is -0.923. The van der Waals surface area contributed by atoms with Crippen LogP contribution >= 0.6 is 0 Å². The first-order valence-corrected chi connectivity index (χ1v) is 7.16. The summed E-state index contributed by atoms with van der Waals surface area (Å²) < 4.78 is 24.3. The monoisotopic (exact) mass is 326 g/mol. The lowest BCUT2D eigenvalue weighted by Crippen LogP contribution is -2.50. The van der Waals surface area contributed by atoms with Gasteiger partial charge in [-0.15, -0.1) is 0 Å². The zero-order valence-electron chi connectivity index (χ0n) is 14.3. The first-order chi connectivity index (χ1) is 10.4. The molecule has 1 aromatic carbocycles. The molecule has 0 aliphatic heterocycles. The van der Waals surface area contributed by atoms with Gasteiger partial charge < -0.3 is 9.47 Å². The Labute approximate surface area is 135 Å². The molecule has 1 aromatic rings. The largest absolute Gasteiger partial charge is 0.443 e. The second kappa shape index (κ2) is 6.85. The molecule has 128 valence electrons. The quantitative estimate of drug-likeness (QED) is 0.792. The molecule has 0 radical (unpaired) electrons. The van der Waals surface area contributed by atoms with Crippen LogP contribution in [0.1, 0.15) is 41.5 Å². The molecule has 0 saturated heterocycles. The molecule has 0 aliphatic carbocycles. The lowest BCUT2D eigenvalue weighted by Gasteiger charge is -2.28. The van der Waals surface area contributed by atoms with Gasteiger partial charge in [0.15, 0.2) is 0 Å². The van der Waals surface area contributed by atoms with E-state index in [0.29, 0.717) is 5.01 Å². The smallest absolute Gasteiger partial charge is 0.434 e. The van der Waals surface area contributed by atoms with E-state index < -0.39 is 29.2 Å². The molecule has 0 saturated carbocycles. The van der Waals surface area contributed by atoms with Crippen molar-refractivity contribution in [3.8, 4) is 0 Å². The zero-order valence-corrected chi connectivity index (χ0v) is 14.3. The van der Waals surface area contributed by atoms with Gasteiger partial charge in [-0.25, -0.2) is 19.4 Å². The van der Waals surface area contributed by atoms with Gasteiger partial charge >= 0.3 is 12.2 Å². The first-order valence-electron chi connectivity index (χ1n) is 7.16. The van der Waals surface area contributed by atoms with Crippen molar-refractivity contribution in [3.63, 3.8) is 0 Å². The molecule has 0 unspecified atom stereocenters. The van der Waals surface area contributed by atoms with E-state index in [-0.39, 0.29) is 5.69 Å². The minimum Gasteiger partial charge on any atom is -0.443 e. The van der Waals surface area contributed by atoms with Crippen LogP contribution in [0, 0.1) is 5.82 Å². The van der Waals surface area contributed by atoms with E-state index in [1.807, 2.05) is 0 Å². The molecule has 1 N–H and O–H groups in total. The van der Waals surface area contributed by atoms with Crippen molar-refractivity contribution in [1.29, 1.82) is 0 Å². The Morgan fingerprint density at radius 2 is 1.52 bits per heavy atom. The molecule has 0 aliphatic rings. The van der Waals surface area contributed by atoms with Crippen LogP contribution in [-0.2, 0) is 9.47 Å². The fourth-order valence-corrected chi connectivity index (χ4v) is 1.54. The second-order valence-electron chi connectivity index (χ2n) is 6.88. The number of amides is 2. The summed E-state index contributed by atoms with van der Waals surface area (Å²) in [6.45, 7) is 10.0. The number of carbonyl (C=O) groups excluding carboxylic acids is 2. The molecule has 0 spiro atoms. The van der Waals surface area contributed by atoms with Crippen LogP contribution in [0.3, 0.4) is 0 Å². The van der Waals surface area contributed by atoms with Crippen LogP contribution in [0.15, 0.2) is 24.3 Å². The van der Waals surface area contributed by atoms with Crippen molar-refractivity contribution in [2.45, 2.75) is 52.7 Å². The van der Waals surface area contributed by atoms with Gasteiger partial charge in [-0.2, -0.15) is 5.01 Å². The molecule has 0 fully saturated rings. The summed E-state index contributed by atoms with van der Waals surface area (Å²) in [6.07, 6.45) is -1.82. The number of carbonyl (C=O) groups is 2. The van der Waals surface area contributed by atoms with E-state index in [1.165, 1.54) is 24.3 Å². The van der Waals surface area contributed by atoms with Gasteiger partial charge in [-0.1, -0.05) is 12.1 Å². The predicted octanol–water partition coefficient (Wildman–Crippen LogP) is 4.01. The third-order valence-corrected chi connectivity index (χ3v) is 2.27. The number of nitrogens with zero attached hydrogens (tertiary/aromatic N) is 1. The number of hydrogen-bond donors (Lipinski definition) is 1. The van der Waals surface area contributed by atoms with Crippen LogP contribution < -0.4 is 10.4 Å². The zero-order chi connectivity index (χ0) is 17.8. The Bertz CT molecular complexity index is 576. The van der Waals surface area contributed by atoms with Crippen LogP contribution in [0.4, 0.5) is 19.7 Å². The molecular formula is C16H23FN2O4. The highest BCUT2D eigenvalue weighted by Crippen LogP contribution is 2.20. The van der Waals surface area contributed by atoms with Crippen molar-refractivity contribution < 1.29 is 23.5 Å². The molecule has 2 amide bonds. The van der Waals surface area contributed by atoms with Crippen molar-refractivity contribution >= 4 is 17.9 Å². The second-order valence-corrected chi connectivity index (χ2v) is 6.88. The Hall–Kier alpha value is -2.31. The third-order valence-electron chi connectivity index (χ3n) is 2.27. The normalized spacial score (nSPS) is 11.6. The lowest BCUT2D eigenvalue weighted by molar-refractivity contribution is 0.0424. The van der Waals surface area contributed by atoms with Gasteiger partial charge in [-0.05, 0) is 53.7 Å². The molecule has 0 bridgehead atoms. The molecule has 6 nitrogen and oxygen atoms in total. The average Bonchev–Trinajstić information content (AvgIpc) is 2.32. The number of hydrogen-bond acceptors (Lipinski definition) is 4. The Kier molecular flexibility index (Phi) is 5.58. The molecule has 1 rings (SSSR count). The summed E-state index contributed by atoms with van der Waals surface area (Å²) in [5.41, 5.74) is 0.491. The van der Waals surface area contributed by atoms with Gasteiger partial charge in [0.25, 0.3) is 0 Å². The van der Waals surface area contributed by atoms with Crippen molar-refractivity contribution in [3.05, 3.63) is 30.1 Å². The van der Waals surface area contributed by atoms with E-state index in [9.17, 15) is 14.0 Å². The Morgan fingerprint density at radius 3 is 2.00 bits per heavy atom. The highest BCUT2D eigenvalue weighted by Gasteiger charge is 2.28. The third kappa shape index (κ3) is 6.54. The Balaban J connectivity index is 3.05. The van der Waals surface area contributed by atoms with Crippen molar-refractivity contribution in [2.75, 3.05) is 5.01 Å². The first kappa shape index (κ1) is 18.7. The summed E-state index contributed by atoms with van der Waals surface area (Å²) in [5.74, 6) is -0.686. The summed E-state index contributed by atoms with van der Waals surface area (Å²) in [5, 5.41) is 0.689. The van der Waals surface area contributed by atoms with Crippen LogP contribution in [-0.4, -0.2) is 23.4 Å². The topological polar surface area (TPSA) is 67.9 Å². The van der Waals surface area contributed by atoms with E-state index >= 15 is 0 Å². The number of nitrogens with one attached hydrogen (secondary N) is 1. The van der Waals surface area contributed by atoms with Crippen molar-refractivity contribution in [2.24, 2.45) is 0 Å². The number of halogens is 1. The maximum atomic E-state index is 14.0. The molecule has 0 atom stereocenters. The van der Waals surface area contributed by atoms with Gasteiger partial charge in [0.1, 0.15) is 22.7 Å². The number of anilines is 1. The standard InChI is InChI=1S/C16H23FN2O4/c1-15(2,3)22-13(20)18-19(14(21)23-16(4,5)6)12-10-8-7-9-11(12)17/h7-10H,1-6H3,(H,18,20). The molecule has 7 heteroatoms. The fraction of sp³-hybridized carbons (Fsp3) is 0.500. The maximum Gasteiger partial charge on any atom is 0.434 e. The lowest BCUT2D eigenvalue weighted by atomic mass is 10.2. The molecule has 0 heterocycles. The molecular weight excluding hydrogens is 303 g/mol. The van der Waals surface area contributed by atoms with Gasteiger partial charge in [-0.3, -0.25) is 0 Å². The fourth-order valence-electron chi connectivity index (χ4n) is 1.54. The number of para-hydroxylation sites is 1. The molecule has 0 aromatic heterocycles. The summed E-state index contributed by atoms with van der Waals surface area (Å²) >= 11 is 0. The van der Waals surface area contributed by atoms with Gasteiger partial charge in [0, 0.05) is 0 Å². The van der Waals surface area contributed by atoms with Crippen LogP contribution in [0.5, 0.6) is 0 Å². The van der Waals surface area contributed by atoms with E-state index in [1.54, 1.807) is 41.5 Å². The van der Waals surface area contributed by atoms with Gasteiger partial charge in [0.05, 0.1) is 0 Å². The van der Waals surface area contributed by atoms with E-state index in [4.69, 9.17) is 9.47 Å². The molecule has 23 heavy (non-hydrogen) atoms. The predicted molar refractivity (Wildman–Crippen MR) is 84.5 cm³/mol. The van der Waals surface area contributed by atoms with Crippen LogP contribution in [0.25, 0.3) is 0 Å². The van der Waals surface area contributed by atoms with Crippen molar-refractivity contribution in [1.82, 2.24) is 5.43 Å². The van der Waals surface area contributed by atoms with Crippen LogP contribution in [0.2, 0.25) is 0 Å². The van der Waals surface area contributed by atoms with Gasteiger partial charge in [0.2, 0.25) is 0 Å². The SMILES string of the molecule is CC(C)(C)OC(=O)NN(C(=O)OC(C)(C)C)c1ccccc1F. The summed E-state index contributed by atoms with van der Waals surface area (Å²) in [4.78, 5) is 24.2. The average molecular weight is 326 g/mol. The summed E-state index contributed by atoms with van der Waals surface area (Å²) in [7, 11) is 0. The highest BCUT2D eigenvalue weighted by molar-refractivity contribution is 5.90. The van der Waals surface area contributed by atoms with E-state index in [0.717, 1.165) is 0 Å². The number of ether oxygens (including phenoxy) is 2. The number of hydrazine groups is 1.